The normalized spacial score (nSPS) is 10.4. The van der Waals surface area contributed by atoms with Crippen LogP contribution in [-0.2, 0) is 6.54 Å². The highest BCUT2D eigenvalue weighted by molar-refractivity contribution is 5.70. The Bertz CT molecular complexity index is 504. The van der Waals surface area contributed by atoms with Gasteiger partial charge in [0.25, 0.3) is 0 Å². The van der Waals surface area contributed by atoms with Gasteiger partial charge >= 0.3 is 0 Å². The van der Waals surface area contributed by atoms with E-state index < -0.39 is 11.6 Å². The average Bonchev–Trinajstić information content (AvgIpc) is 2.64. The first-order valence-electron chi connectivity index (χ1n) is 4.47. The van der Waals surface area contributed by atoms with Crippen LogP contribution >= 0.6 is 0 Å². The second-order valence-electron chi connectivity index (χ2n) is 3.24. The van der Waals surface area contributed by atoms with Crippen molar-refractivity contribution in [3.63, 3.8) is 0 Å². The van der Waals surface area contributed by atoms with Gasteiger partial charge in [-0.2, -0.15) is 0 Å². The molecular formula is C10H7F2N3O. The van der Waals surface area contributed by atoms with Crippen molar-refractivity contribution in [2.45, 2.75) is 6.54 Å². The molecule has 0 unspecified atom stereocenters. The summed E-state index contributed by atoms with van der Waals surface area (Å²) in [6.45, 7) is 0.162. The Morgan fingerprint density at radius 1 is 1.25 bits per heavy atom. The van der Waals surface area contributed by atoms with Crippen LogP contribution in [-0.4, -0.2) is 21.3 Å². The first-order valence-corrected chi connectivity index (χ1v) is 4.47. The molecule has 0 spiro atoms. The number of carbonyl (C=O) groups is 1. The van der Waals surface area contributed by atoms with Gasteiger partial charge in [0.2, 0.25) is 0 Å². The Labute approximate surface area is 89.5 Å². The summed E-state index contributed by atoms with van der Waals surface area (Å²) in [6, 6.07) is 3.19. The quantitative estimate of drug-likeness (QED) is 0.739. The van der Waals surface area contributed by atoms with E-state index in [2.05, 4.69) is 10.3 Å². The summed E-state index contributed by atoms with van der Waals surface area (Å²) in [4.78, 5) is 10.3. The van der Waals surface area contributed by atoms with Crippen LogP contribution in [0.3, 0.4) is 0 Å². The van der Waals surface area contributed by atoms with Gasteiger partial charge in [-0.25, -0.2) is 13.5 Å². The zero-order valence-corrected chi connectivity index (χ0v) is 8.10. The van der Waals surface area contributed by atoms with Crippen molar-refractivity contribution in [3.05, 3.63) is 47.3 Å². The lowest BCUT2D eigenvalue weighted by Crippen LogP contribution is -2.01. The zero-order chi connectivity index (χ0) is 11.5. The smallest absolute Gasteiger partial charge is 0.171 e. The molecule has 0 atom stereocenters. The lowest BCUT2D eigenvalue weighted by atomic mass is 10.2. The molecule has 0 N–H and O–H groups in total. The van der Waals surface area contributed by atoms with Crippen molar-refractivity contribution in [2.75, 3.05) is 0 Å². The molecule has 1 aromatic heterocycles. The van der Waals surface area contributed by atoms with Crippen molar-refractivity contribution in [1.29, 1.82) is 0 Å². The third kappa shape index (κ3) is 2.28. The number of hydrogen-bond acceptors (Lipinski definition) is 3. The molecule has 2 aromatic rings. The monoisotopic (exact) mass is 223 g/mol. The number of carbonyl (C=O) groups excluding carboxylic acids is 1. The molecule has 16 heavy (non-hydrogen) atoms. The van der Waals surface area contributed by atoms with Crippen LogP contribution in [0.25, 0.3) is 0 Å². The minimum Gasteiger partial charge on any atom is -0.296 e. The summed E-state index contributed by atoms with van der Waals surface area (Å²) >= 11 is 0. The average molecular weight is 223 g/mol. The topological polar surface area (TPSA) is 47.8 Å². The number of aromatic nitrogens is 3. The lowest BCUT2D eigenvalue weighted by Gasteiger charge is -2.01. The SMILES string of the molecule is O=Cc1cn(Cc2cc(F)cc(F)c2)nn1. The Hall–Kier alpha value is -2.11. The van der Waals surface area contributed by atoms with Crippen LogP contribution in [0, 0.1) is 11.6 Å². The van der Waals surface area contributed by atoms with Crippen molar-refractivity contribution in [2.24, 2.45) is 0 Å². The highest BCUT2D eigenvalue weighted by Gasteiger charge is 2.03. The number of aldehydes is 1. The molecule has 2 rings (SSSR count). The van der Waals surface area contributed by atoms with E-state index in [0.29, 0.717) is 11.8 Å². The number of rotatable bonds is 3. The summed E-state index contributed by atoms with van der Waals surface area (Å²) in [6.07, 6.45) is 1.95. The van der Waals surface area contributed by atoms with Gasteiger partial charge in [-0.3, -0.25) is 4.79 Å². The third-order valence-corrected chi connectivity index (χ3v) is 1.94. The Kier molecular flexibility index (Phi) is 2.72. The van der Waals surface area contributed by atoms with Crippen LogP contribution in [0.5, 0.6) is 0 Å². The summed E-state index contributed by atoms with van der Waals surface area (Å²) in [7, 11) is 0. The van der Waals surface area contributed by atoms with Crippen molar-refractivity contribution in [1.82, 2.24) is 15.0 Å². The fraction of sp³-hybridized carbons (Fsp3) is 0.100. The second-order valence-corrected chi connectivity index (χ2v) is 3.24. The van der Waals surface area contributed by atoms with E-state index >= 15 is 0 Å². The molecule has 0 fully saturated rings. The molecule has 1 heterocycles. The molecule has 0 aliphatic carbocycles. The van der Waals surface area contributed by atoms with E-state index in [1.54, 1.807) is 0 Å². The number of hydrogen-bond donors (Lipinski definition) is 0. The standard InChI is InChI=1S/C10H7F2N3O/c11-8-1-7(2-9(12)3-8)4-15-5-10(6-16)13-14-15/h1-3,5-6H,4H2. The second kappa shape index (κ2) is 4.18. The molecule has 0 bridgehead atoms. The predicted molar refractivity (Wildman–Crippen MR) is 50.9 cm³/mol. The highest BCUT2D eigenvalue weighted by atomic mass is 19.1. The minimum atomic E-state index is -0.647. The maximum atomic E-state index is 12.9. The van der Waals surface area contributed by atoms with Gasteiger partial charge in [0.05, 0.1) is 12.7 Å². The van der Waals surface area contributed by atoms with Crippen LogP contribution < -0.4 is 0 Å². The summed E-state index contributed by atoms with van der Waals surface area (Å²) in [5.41, 5.74) is 0.594. The molecule has 4 nitrogen and oxygen atoms in total. The molecular weight excluding hydrogens is 216 g/mol. The largest absolute Gasteiger partial charge is 0.296 e. The molecule has 1 aromatic carbocycles. The zero-order valence-electron chi connectivity index (χ0n) is 8.10. The van der Waals surface area contributed by atoms with Crippen molar-refractivity contribution in [3.8, 4) is 0 Å². The molecule has 82 valence electrons. The summed E-state index contributed by atoms with van der Waals surface area (Å²) in [5, 5.41) is 7.17. The summed E-state index contributed by atoms with van der Waals surface area (Å²) < 4.78 is 27.1. The van der Waals surface area contributed by atoms with Gasteiger partial charge in [-0.15, -0.1) is 5.10 Å². The third-order valence-electron chi connectivity index (χ3n) is 1.94. The Balaban J connectivity index is 2.22. The van der Waals surface area contributed by atoms with E-state index in [1.165, 1.54) is 23.0 Å². The minimum absolute atomic E-state index is 0.162. The van der Waals surface area contributed by atoms with E-state index in [-0.39, 0.29) is 12.2 Å². The number of benzene rings is 1. The maximum absolute atomic E-state index is 12.9. The molecule has 6 heteroatoms. The van der Waals surface area contributed by atoms with E-state index in [0.717, 1.165) is 6.07 Å². The lowest BCUT2D eigenvalue weighted by molar-refractivity contribution is 0.111. The summed E-state index contributed by atoms with van der Waals surface area (Å²) in [5.74, 6) is -1.29. The van der Waals surface area contributed by atoms with Gasteiger partial charge in [0.15, 0.2) is 6.29 Å². The van der Waals surface area contributed by atoms with Crippen LogP contribution in [0.15, 0.2) is 24.4 Å². The number of halogens is 2. The van der Waals surface area contributed by atoms with Gasteiger partial charge in [-0.1, -0.05) is 5.21 Å². The first-order chi connectivity index (χ1) is 7.67. The van der Waals surface area contributed by atoms with Gasteiger partial charge in [0, 0.05) is 6.07 Å². The predicted octanol–water partition coefficient (Wildman–Crippen LogP) is 1.42. The van der Waals surface area contributed by atoms with Crippen molar-refractivity contribution >= 4 is 6.29 Å². The van der Waals surface area contributed by atoms with E-state index in [4.69, 9.17) is 0 Å². The molecule has 0 aliphatic heterocycles. The molecule has 0 aliphatic rings. The van der Waals surface area contributed by atoms with E-state index in [9.17, 15) is 13.6 Å². The Morgan fingerprint density at radius 2 is 1.94 bits per heavy atom. The van der Waals surface area contributed by atoms with Gasteiger partial charge in [0.1, 0.15) is 17.3 Å². The number of nitrogens with zero attached hydrogens (tertiary/aromatic N) is 3. The molecule has 0 saturated carbocycles. The molecule has 0 saturated heterocycles. The van der Waals surface area contributed by atoms with Crippen LogP contribution in [0.2, 0.25) is 0 Å². The van der Waals surface area contributed by atoms with Crippen LogP contribution in [0.4, 0.5) is 8.78 Å². The Morgan fingerprint density at radius 3 is 2.50 bits per heavy atom. The van der Waals surface area contributed by atoms with Gasteiger partial charge in [-0.05, 0) is 17.7 Å². The van der Waals surface area contributed by atoms with Crippen molar-refractivity contribution < 1.29 is 13.6 Å². The maximum Gasteiger partial charge on any atom is 0.171 e. The van der Waals surface area contributed by atoms with E-state index in [1.807, 2.05) is 0 Å². The fourth-order valence-electron chi connectivity index (χ4n) is 1.33. The van der Waals surface area contributed by atoms with Crippen LogP contribution in [0.1, 0.15) is 16.1 Å². The molecule has 0 radical (unpaired) electrons. The highest BCUT2D eigenvalue weighted by Crippen LogP contribution is 2.09. The fourth-order valence-corrected chi connectivity index (χ4v) is 1.33. The first kappa shape index (κ1) is 10.4. The van der Waals surface area contributed by atoms with Gasteiger partial charge < -0.3 is 0 Å². The molecule has 0 amide bonds.